The zero-order valence-corrected chi connectivity index (χ0v) is 16.3. The molecule has 2 rings (SSSR count). The van der Waals surface area contributed by atoms with Crippen molar-refractivity contribution in [1.82, 2.24) is 15.8 Å². The molecule has 148 valence electrons. The number of carbonyl (C=O) groups excluding carboxylic acids is 3. The number of amides is 2. The van der Waals surface area contributed by atoms with Gasteiger partial charge in [-0.15, -0.1) is 0 Å². The van der Waals surface area contributed by atoms with Gasteiger partial charge in [0, 0.05) is 11.3 Å². The molecule has 0 unspecified atom stereocenters. The molecule has 2 N–H and O–H groups in total. The molecule has 0 saturated heterocycles. The highest BCUT2D eigenvalue weighted by molar-refractivity contribution is 6.14. The van der Waals surface area contributed by atoms with E-state index >= 15 is 0 Å². The lowest BCUT2D eigenvalue weighted by atomic mass is 9.99. The summed E-state index contributed by atoms with van der Waals surface area (Å²) < 4.78 is 18.2. The van der Waals surface area contributed by atoms with Gasteiger partial charge in [-0.1, -0.05) is 0 Å². The number of hydrazine groups is 1. The maximum Gasteiger partial charge on any atom is 0.426 e. The molecule has 2 aromatic rings. The normalized spacial score (nSPS) is 10.9. The third-order valence-electron chi connectivity index (χ3n) is 3.71. The van der Waals surface area contributed by atoms with Gasteiger partial charge >= 0.3 is 6.09 Å². The van der Waals surface area contributed by atoms with Crippen LogP contribution in [-0.2, 0) is 4.74 Å². The first-order valence-electron chi connectivity index (χ1n) is 8.56. The number of hydrogen-bond donors (Lipinski definition) is 2. The van der Waals surface area contributed by atoms with E-state index in [2.05, 4.69) is 15.8 Å². The number of nitrogens with one attached hydrogen (secondary N) is 2. The summed E-state index contributed by atoms with van der Waals surface area (Å²) in [5, 5.41) is 0. The van der Waals surface area contributed by atoms with Gasteiger partial charge in [0.2, 0.25) is 0 Å². The van der Waals surface area contributed by atoms with Crippen LogP contribution in [-0.4, -0.2) is 28.4 Å². The van der Waals surface area contributed by atoms with E-state index in [0.29, 0.717) is 11.3 Å². The summed E-state index contributed by atoms with van der Waals surface area (Å²) in [5.74, 6) is -1.74. The summed E-state index contributed by atoms with van der Waals surface area (Å²) in [6, 6.07) is 6.51. The van der Waals surface area contributed by atoms with E-state index in [0.717, 1.165) is 12.1 Å². The van der Waals surface area contributed by atoms with Gasteiger partial charge in [-0.3, -0.25) is 15.0 Å². The molecule has 1 aromatic carbocycles. The van der Waals surface area contributed by atoms with E-state index in [4.69, 9.17) is 4.74 Å². The van der Waals surface area contributed by atoms with Crippen molar-refractivity contribution >= 4 is 17.8 Å². The highest BCUT2D eigenvalue weighted by Gasteiger charge is 2.23. The van der Waals surface area contributed by atoms with Gasteiger partial charge < -0.3 is 4.74 Å². The van der Waals surface area contributed by atoms with Crippen molar-refractivity contribution in [2.45, 2.75) is 40.2 Å². The second-order valence-electron chi connectivity index (χ2n) is 7.20. The van der Waals surface area contributed by atoms with E-state index in [1.165, 1.54) is 18.2 Å². The van der Waals surface area contributed by atoms with Crippen LogP contribution in [0.4, 0.5) is 9.18 Å². The number of hydrogen-bond acceptors (Lipinski definition) is 5. The fourth-order valence-electron chi connectivity index (χ4n) is 2.28. The van der Waals surface area contributed by atoms with Crippen LogP contribution in [0, 0.1) is 19.7 Å². The minimum absolute atomic E-state index is 0.0400. The lowest BCUT2D eigenvalue weighted by Crippen LogP contribution is -2.45. The average Bonchev–Trinajstić information content (AvgIpc) is 2.60. The second kappa shape index (κ2) is 8.16. The van der Waals surface area contributed by atoms with Crippen LogP contribution >= 0.6 is 0 Å². The van der Waals surface area contributed by atoms with Crippen LogP contribution < -0.4 is 10.9 Å². The number of ether oxygens (including phenoxy) is 1. The molecule has 0 saturated carbocycles. The molecule has 1 aromatic heterocycles. The number of ketones is 1. The standard InChI is InChI=1S/C20H22FN3O4/c1-11-10-15(17(25)13-6-8-14(21)9-7-13)16(22-12(11)2)18(26)23-24-19(27)28-20(3,4)5/h6-10H,1-5H3,(H,23,26)(H,24,27). The van der Waals surface area contributed by atoms with Gasteiger partial charge in [0.25, 0.3) is 5.91 Å². The Labute approximate surface area is 162 Å². The Morgan fingerprint density at radius 3 is 2.21 bits per heavy atom. The smallest absolute Gasteiger partial charge is 0.426 e. The first-order valence-corrected chi connectivity index (χ1v) is 8.56. The van der Waals surface area contributed by atoms with Gasteiger partial charge in [-0.05, 0) is 70.5 Å². The Bertz CT molecular complexity index is 918. The van der Waals surface area contributed by atoms with Crippen LogP contribution in [0.5, 0.6) is 0 Å². The number of carbonyl (C=O) groups is 3. The van der Waals surface area contributed by atoms with Crippen molar-refractivity contribution in [2.75, 3.05) is 0 Å². The molecule has 0 fully saturated rings. The zero-order valence-electron chi connectivity index (χ0n) is 16.3. The summed E-state index contributed by atoms with van der Waals surface area (Å²) in [6.07, 6.45) is -0.851. The van der Waals surface area contributed by atoms with Gasteiger partial charge in [-0.2, -0.15) is 0 Å². The van der Waals surface area contributed by atoms with Crippen LogP contribution in [0.1, 0.15) is 58.4 Å². The largest absolute Gasteiger partial charge is 0.443 e. The summed E-state index contributed by atoms with van der Waals surface area (Å²) in [5.41, 5.74) is 4.92. The maximum absolute atomic E-state index is 13.1. The third kappa shape index (κ3) is 5.35. The molecule has 0 atom stereocenters. The second-order valence-corrected chi connectivity index (χ2v) is 7.20. The van der Waals surface area contributed by atoms with Crippen LogP contribution in [0.3, 0.4) is 0 Å². The lowest BCUT2D eigenvalue weighted by molar-refractivity contribution is 0.0483. The molecule has 0 aliphatic carbocycles. The number of aryl methyl sites for hydroxylation is 2. The number of nitrogens with zero attached hydrogens (tertiary/aromatic N) is 1. The summed E-state index contributed by atoms with van der Waals surface area (Å²) in [6.45, 7) is 8.49. The minimum atomic E-state index is -0.851. The van der Waals surface area contributed by atoms with Crippen molar-refractivity contribution in [3.05, 3.63) is 64.2 Å². The molecule has 0 radical (unpaired) electrons. The Morgan fingerprint density at radius 1 is 1.04 bits per heavy atom. The fraction of sp³-hybridized carbons (Fsp3) is 0.300. The van der Waals surface area contributed by atoms with Crippen molar-refractivity contribution in [3.8, 4) is 0 Å². The highest BCUT2D eigenvalue weighted by atomic mass is 19.1. The van der Waals surface area contributed by atoms with Crippen LogP contribution in [0.2, 0.25) is 0 Å². The Morgan fingerprint density at radius 2 is 1.64 bits per heavy atom. The van der Waals surface area contributed by atoms with Crippen LogP contribution in [0.25, 0.3) is 0 Å². The molecular weight excluding hydrogens is 365 g/mol. The molecule has 0 aliphatic rings. The quantitative estimate of drug-likeness (QED) is 0.622. The van der Waals surface area contributed by atoms with Gasteiger partial charge in [-0.25, -0.2) is 19.6 Å². The number of halogens is 1. The number of pyridine rings is 1. The monoisotopic (exact) mass is 387 g/mol. The van der Waals surface area contributed by atoms with E-state index in [9.17, 15) is 18.8 Å². The first kappa shape index (κ1) is 21.0. The van der Waals surface area contributed by atoms with E-state index < -0.39 is 29.2 Å². The van der Waals surface area contributed by atoms with Crippen molar-refractivity contribution in [2.24, 2.45) is 0 Å². The third-order valence-corrected chi connectivity index (χ3v) is 3.71. The van der Waals surface area contributed by atoms with Gasteiger partial charge in [0.1, 0.15) is 17.1 Å². The molecule has 28 heavy (non-hydrogen) atoms. The van der Waals surface area contributed by atoms with Gasteiger partial charge in [0.15, 0.2) is 5.78 Å². The molecule has 0 bridgehead atoms. The minimum Gasteiger partial charge on any atom is -0.443 e. The zero-order chi connectivity index (χ0) is 21.1. The molecule has 8 heteroatoms. The molecule has 0 aliphatic heterocycles. The van der Waals surface area contributed by atoms with E-state index in [1.54, 1.807) is 34.6 Å². The molecule has 0 spiro atoms. The Balaban J connectivity index is 2.29. The maximum atomic E-state index is 13.1. The Kier molecular flexibility index (Phi) is 6.12. The molecule has 7 nitrogen and oxygen atoms in total. The highest BCUT2D eigenvalue weighted by Crippen LogP contribution is 2.17. The van der Waals surface area contributed by atoms with E-state index in [-0.39, 0.29) is 16.8 Å². The predicted molar refractivity (Wildman–Crippen MR) is 100 cm³/mol. The van der Waals surface area contributed by atoms with Crippen molar-refractivity contribution < 1.29 is 23.5 Å². The van der Waals surface area contributed by atoms with Crippen molar-refractivity contribution in [3.63, 3.8) is 0 Å². The number of rotatable bonds is 3. The number of aromatic nitrogens is 1. The summed E-state index contributed by atoms with van der Waals surface area (Å²) in [4.78, 5) is 41.3. The lowest BCUT2D eigenvalue weighted by Gasteiger charge is -2.20. The Hall–Kier alpha value is -3.29. The molecule has 1 heterocycles. The fourth-order valence-corrected chi connectivity index (χ4v) is 2.28. The van der Waals surface area contributed by atoms with Crippen LogP contribution in [0.15, 0.2) is 30.3 Å². The summed E-state index contributed by atoms with van der Waals surface area (Å²) >= 11 is 0. The predicted octanol–water partition coefficient (Wildman–Crippen LogP) is 3.24. The SMILES string of the molecule is Cc1cc(C(=O)c2ccc(F)cc2)c(C(=O)NNC(=O)OC(C)(C)C)nc1C. The molecule has 2 amide bonds. The summed E-state index contributed by atoms with van der Waals surface area (Å²) in [7, 11) is 0. The van der Waals surface area contributed by atoms with Crippen molar-refractivity contribution in [1.29, 1.82) is 0 Å². The van der Waals surface area contributed by atoms with E-state index in [1.807, 2.05) is 0 Å². The first-order chi connectivity index (χ1) is 13.0. The topological polar surface area (TPSA) is 97.4 Å². The molecular formula is C20H22FN3O4. The number of benzene rings is 1. The average molecular weight is 387 g/mol. The van der Waals surface area contributed by atoms with Gasteiger partial charge in [0.05, 0.1) is 5.56 Å².